The molecule has 3 N–H and O–H groups in total. The van der Waals surface area contributed by atoms with Crippen molar-refractivity contribution in [3.05, 3.63) is 29.3 Å². The van der Waals surface area contributed by atoms with E-state index in [1.54, 1.807) is 31.3 Å². The maximum absolute atomic E-state index is 11.7. The SMILES string of the molecule is C[C@@H](O)[C@H](N)C(=O)N(C)CCOc1cccc(Cl)c1. The van der Waals surface area contributed by atoms with Crippen molar-refractivity contribution in [2.24, 2.45) is 5.73 Å². The van der Waals surface area contributed by atoms with Crippen LogP contribution >= 0.6 is 11.6 Å². The maximum Gasteiger partial charge on any atom is 0.242 e. The van der Waals surface area contributed by atoms with Crippen LogP contribution in [0.1, 0.15) is 6.92 Å². The van der Waals surface area contributed by atoms with Gasteiger partial charge in [-0.3, -0.25) is 4.79 Å². The number of likely N-dealkylation sites (N-methyl/N-ethyl adjacent to an activating group) is 1. The third kappa shape index (κ3) is 5.06. The van der Waals surface area contributed by atoms with Crippen LogP contribution < -0.4 is 10.5 Å². The zero-order valence-electron chi connectivity index (χ0n) is 11.0. The van der Waals surface area contributed by atoms with Gasteiger partial charge < -0.3 is 20.5 Å². The lowest BCUT2D eigenvalue weighted by atomic mass is 10.2. The normalized spacial score (nSPS) is 13.7. The van der Waals surface area contributed by atoms with Crippen molar-refractivity contribution in [1.82, 2.24) is 4.90 Å². The number of halogens is 1. The van der Waals surface area contributed by atoms with Crippen molar-refractivity contribution in [1.29, 1.82) is 0 Å². The average molecular weight is 287 g/mol. The van der Waals surface area contributed by atoms with Crippen LogP contribution in [0.25, 0.3) is 0 Å². The summed E-state index contributed by atoms with van der Waals surface area (Å²) in [6.45, 7) is 2.19. The Morgan fingerprint density at radius 1 is 1.58 bits per heavy atom. The predicted molar refractivity (Wildman–Crippen MR) is 74.2 cm³/mol. The van der Waals surface area contributed by atoms with Crippen LogP contribution in [0.4, 0.5) is 0 Å². The van der Waals surface area contributed by atoms with E-state index in [4.69, 9.17) is 22.1 Å². The first-order chi connectivity index (χ1) is 8.91. The van der Waals surface area contributed by atoms with Crippen LogP contribution in [-0.2, 0) is 4.79 Å². The summed E-state index contributed by atoms with van der Waals surface area (Å²) in [5.41, 5.74) is 5.56. The van der Waals surface area contributed by atoms with E-state index >= 15 is 0 Å². The van der Waals surface area contributed by atoms with Gasteiger partial charge in [0, 0.05) is 12.1 Å². The summed E-state index contributed by atoms with van der Waals surface area (Å²) in [5.74, 6) is 0.331. The summed E-state index contributed by atoms with van der Waals surface area (Å²) in [6.07, 6.45) is -0.871. The zero-order valence-corrected chi connectivity index (χ0v) is 11.8. The van der Waals surface area contributed by atoms with E-state index in [-0.39, 0.29) is 5.91 Å². The lowest BCUT2D eigenvalue weighted by molar-refractivity contribution is -0.133. The van der Waals surface area contributed by atoms with Crippen molar-refractivity contribution < 1.29 is 14.6 Å². The topological polar surface area (TPSA) is 75.8 Å². The number of hydrogen-bond donors (Lipinski definition) is 2. The highest BCUT2D eigenvalue weighted by Crippen LogP contribution is 2.16. The number of rotatable bonds is 6. The summed E-state index contributed by atoms with van der Waals surface area (Å²) in [5, 5.41) is 9.85. The Labute approximate surface area is 117 Å². The van der Waals surface area contributed by atoms with E-state index in [2.05, 4.69) is 0 Å². The quantitative estimate of drug-likeness (QED) is 0.814. The second kappa shape index (κ2) is 7.33. The van der Waals surface area contributed by atoms with Crippen molar-refractivity contribution in [3.8, 4) is 5.75 Å². The van der Waals surface area contributed by atoms with Gasteiger partial charge >= 0.3 is 0 Å². The molecule has 0 aromatic heterocycles. The Bertz CT molecular complexity index is 426. The number of benzene rings is 1. The minimum atomic E-state index is -0.906. The smallest absolute Gasteiger partial charge is 0.242 e. The molecule has 0 saturated heterocycles. The minimum Gasteiger partial charge on any atom is -0.492 e. The number of amides is 1. The second-order valence-electron chi connectivity index (χ2n) is 4.33. The van der Waals surface area contributed by atoms with Gasteiger partial charge in [-0.2, -0.15) is 0 Å². The summed E-state index contributed by atoms with van der Waals surface area (Å²) in [4.78, 5) is 13.2. The first-order valence-corrected chi connectivity index (χ1v) is 6.36. The number of nitrogens with two attached hydrogens (primary N) is 1. The molecule has 0 aliphatic rings. The molecule has 0 bridgehead atoms. The fourth-order valence-electron chi connectivity index (χ4n) is 1.43. The van der Waals surface area contributed by atoms with Gasteiger partial charge in [0.25, 0.3) is 0 Å². The highest BCUT2D eigenvalue weighted by Gasteiger charge is 2.22. The molecule has 0 aliphatic carbocycles. The molecule has 106 valence electrons. The van der Waals surface area contributed by atoms with Crippen LogP contribution in [0.2, 0.25) is 5.02 Å². The standard InChI is InChI=1S/C13H19ClN2O3/c1-9(17)12(15)13(18)16(2)6-7-19-11-5-3-4-10(14)8-11/h3-5,8-9,12,17H,6-7,15H2,1-2H3/t9-,12+/m1/s1. The third-order valence-electron chi connectivity index (χ3n) is 2.67. The lowest BCUT2D eigenvalue weighted by Gasteiger charge is -2.22. The number of aliphatic hydroxyl groups excluding tert-OH is 1. The van der Waals surface area contributed by atoms with Gasteiger partial charge in [0.1, 0.15) is 18.4 Å². The first-order valence-electron chi connectivity index (χ1n) is 5.99. The molecule has 2 atom stereocenters. The van der Waals surface area contributed by atoms with Gasteiger partial charge in [0.2, 0.25) is 5.91 Å². The number of nitrogens with zero attached hydrogens (tertiary/aromatic N) is 1. The summed E-state index contributed by atoms with van der Waals surface area (Å²) in [7, 11) is 1.62. The Balaban J connectivity index is 2.38. The van der Waals surface area contributed by atoms with E-state index in [0.29, 0.717) is 23.9 Å². The molecule has 1 rings (SSSR count). The fraction of sp³-hybridized carbons (Fsp3) is 0.462. The van der Waals surface area contributed by atoms with Gasteiger partial charge in [0.15, 0.2) is 0 Å². The fourth-order valence-corrected chi connectivity index (χ4v) is 1.61. The molecule has 0 heterocycles. The molecule has 5 nitrogen and oxygen atoms in total. The Morgan fingerprint density at radius 2 is 2.26 bits per heavy atom. The van der Waals surface area contributed by atoms with Crippen LogP contribution in [0.3, 0.4) is 0 Å². The predicted octanol–water partition coefficient (Wildman–Crippen LogP) is 0.885. The van der Waals surface area contributed by atoms with Crippen molar-refractivity contribution in [3.63, 3.8) is 0 Å². The summed E-state index contributed by atoms with van der Waals surface area (Å²) >= 11 is 5.82. The molecule has 0 fully saturated rings. The Morgan fingerprint density at radius 3 is 2.84 bits per heavy atom. The molecule has 0 saturated carbocycles. The molecule has 1 amide bonds. The largest absolute Gasteiger partial charge is 0.492 e. The molecule has 0 radical (unpaired) electrons. The van der Waals surface area contributed by atoms with Gasteiger partial charge in [-0.1, -0.05) is 17.7 Å². The number of ether oxygens (including phenoxy) is 1. The van der Waals surface area contributed by atoms with Crippen molar-refractivity contribution in [2.45, 2.75) is 19.1 Å². The molecule has 19 heavy (non-hydrogen) atoms. The molecule has 0 aliphatic heterocycles. The van der Waals surface area contributed by atoms with E-state index in [0.717, 1.165) is 0 Å². The Kier molecular flexibility index (Phi) is 6.08. The molecular weight excluding hydrogens is 268 g/mol. The average Bonchev–Trinajstić information content (AvgIpc) is 2.36. The molecule has 6 heteroatoms. The van der Waals surface area contributed by atoms with Crippen molar-refractivity contribution >= 4 is 17.5 Å². The first kappa shape index (κ1) is 15.8. The van der Waals surface area contributed by atoms with Crippen LogP contribution in [-0.4, -0.2) is 48.3 Å². The highest BCUT2D eigenvalue weighted by atomic mass is 35.5. The van der Waals surface area contributed by atoms with Gasteiger partial charge in [-0.05, 0) is 25.1 Å². The van der Waals surface area contributed by atoms with Crippen LogP contribution in [0, 0.1) is 0 Å². The maximum atomic E-state index is 11.7. The molecule has 0 spiro atoms. The number of carbonyl (C=O) groups is 1. The Hall–Kier alpha value is -1.30. The summed E-state index contributed by atoms with van der Waals surface area (Å²) in [6, 6.07) is 6.12. The number of hydrogen-bond acceptors (Lipinski definition) is 4. The van der Waals surface area contributed by atoms with Gasteiger partial charge in [-0.25, -0.2) is 0 Å². The monoisotopic (exact) mass is 286 g/mol. The highest BCUT2D eigenvalue weighted by molar-refractivity contribution is 6.30. The van der Waals surface area contributed by atoms with E-state index < -0.39 is 12.1 Å². The van der Waals surface area contributed by atoms with E-state index in [1.165, 1.54) is 11.8 Å². The minimum absolute atomic E-state index is 0.315. The van der Waals surface area contributed by atoms with E-state index in [9.17, 15) is 9.90 Å². The van der Waals surface area contributed by atoms with Gasteiger partial charge in [0.05, 0.1) is 12.6 Å². The molecular formula is C13H19ClN2O3. The number of aliphatic hydroxyl groups is 1. The molecule has 1 aromatic rings. The van der Waals surface area contributed by atoms with Crippen LogP contribution in [0.15, 0.2) is 24.3 Å². The lowest BCUT2D eigenvalue weighted by Crippen LogP contribution is -2.48. The summed E-state index contributed by atoms with van der Waals surface area (Å²) < 4.78 is 5.47. The molecule has 0 unspecified atom stereocenters. The van der Waals surface area contributed by atoms with E-state index in [1.807, 2.05) is 0 Å². The van der Waals surface area contributed by atoms with Gasteiger partial charge in [-0.15, -0.1) is 0 Å². The second-order valence-corrected chi connectivity index (χ2v) is 4.77. The zero-order chi connectivity index (χ0) is 14.4. The molecule has 1 aromatic carbocycles. The van der Waals surface area contributed by atoms with Crippen molar-refractivity contribution in [2.75, 3.05) is 20.2 Å². The third-order valence-corrected chi connectivity index (χ3v) is 2.91. The van der Waals surface area contributed by atoms with Crippen LogP contribution in [0.5, 0.6) is 5.75 Å². The number of carbonyl (C=O) groups excluding carboxylic acids is 1.